The summed E-state index contributed by atoms with van der Waals surface area (Å²) in [6.45, 7) is 1.71. The number of amides is 2. The molecule has 0 aliphatic carbocycles. The van der Waals surface area contributed by atoms with Crippen molar-refractivity contribution in [1.82, 2.24) is 4.90 Å². The third-order valence-corrected chi connectivity index (χ3v) is 6.68. The van der Waals surface area contributed by atoms with Gasteiger partial charge in [0.2, 0.25) is 5.91 Å². The largest absolute Gasteiger partial charge is 0.465 e. The molecule has 1 atom stereocenters. The number of imide groups is 1. The average Bonchev–Trinajstić information content (AvgIpc) is 3.13. The molecule has 0 saturated carbocycles. The number of ether oxygens (including phenoxy) is 1. The molecule has 2 fully saturated rings. The van der Waals surface area contributed by atoms with Crippen LogP contribution >= 0.6 is 0 Å². The zero-order valence-corrected chi connectivity index (χ0v) is 18.5. The van der Waals surface area contributed by atoms with E-state index in [0.29, 0.717) is 17.2 Å². The number of hydrogen-bond donors (Lipinski definition) is 0. The van der Waals surface area contributed by atoms with Crippen LogP contribution in [0.3, 0.4) is 0 Å². The zero-order chi connectivity index (χ0) is 22.5. The highest BCUT2D eigenvalue weighted by Gasteiger charge is 2.43. The fourth-order valence-electron chi connectivity index (χ4n) is 4.83. The summed E-state index contributed by atoms with van der Waals surface area (Å²) in [5.74, 6) is -0.108. The summed E-state index contributed by atoms with van der Waals surface area (Å²) in [5, 5.41) is 0. The number of nitrogens with zero attached hydrogens (tertiary/aromatic N) is 2. The SMILES string of the molecule is COC(=O)c1ccc(N2C(=O)C[C@@H](N3CCC(CCCc4ccccc4)CC3)C2=O)cc1. The fraction of sp³-hybridized carbons (Fsp3) is 0.423. The third-order valence-electron chi connectivity index (χ3n) is 6.68. The Kier molecular flexibility index (Phi) is 7.00. The van der Waals surface area contributed by atoms with E-state index >= 15 is 0 Å². The van der Waals surface area contributed by atoms with Crippen LogP contribution in [0.5, 0.6) is 0 Å². The second kappa shape index (κ2) is 10.1. The summed E-state index contributed by atoms with van der Waals surface area (Å²) < 4.78 is 4.70. The minimum absolute atomic E-state index is 0.164. The molecule has 0 unspecified atom stereocenters. The standard InChI is InChI=1S/C26H30N2O4/c1-32-26(31)21-10-12-22(13-11-21)28-24(29)18-23(25(28)30)27-16-14-20(15-17-27)9-5-8-19-6-3-2-4-7-19/h2-4,6-7,10-13,20,23H,5,8-9,14-18H2,1H3/t23-/m1/s1. The Balaban J connectivity index is 1.29. The normalized spacial score (nSPS) is 20.0. The highest BCUT2D eigenvalue weighted by Crippen LogP contribution is 2.30. The van der Waals surface area contributed by atoms with Gasteiger partial charge < -0.3 is 4.74 Å². The Bertz CT molecular complexity index is 950. The molecule has 4 rings (SSSR count). The number of anilines is 1. The van der Waals surface area contributed by atoms with Gasteiger partial charge in [-0.1, -0.05) is 36.8 Å². The summed E-state index contributed by atoms with van der Waals surface area (Å²) in [6.07, 6.45) is 5.86. The highest BCUT2D eigenvalue weighted by molar-refractivity contribution is 6.22. The molecule has 2 aliphatic rings. The van der Waals surface area contributed by atoms with Crippen molar-refractivity contribution in [2.45, 2.75) is 44.6 Å². The number of hydrogen-bond acceptors (Lipinski definition) is 5. The van der Waals surface area contributed by atoms with E-state index in [4.69, 9.17) is 4.74 Å². The summed E-state index contributed by atoms with van der Waals surface area (Å²) in [7, 11) is 1.32. The van der Waals surface area contributed by atoms with Gasteiger partial charge in [0.15, 0.2) is 0 Å². The van der Waals surface area contributed by atoms with E-state index in [-0.39, 0.29) is 24.3 Å². The first kappa shape index (κ1) is 22.2. The lowest BCUT2D eigenvalue weighted by Crippen LogP contribution is -2.46. The Morgan fingerprint density at radius 3 is 2.34 bits per heavy atom. The van der Waals surface area contributed by atoms with Gasteiger partial charge in [-0.3, -0.25) is 14.5 Å². The molecule has 6 nitrogen and oxygen atoms in total. The number of carbonyl (C=O) groups excluding carboxylic acids is 3. The van der Waals surface area contributed by atoms with E-state index in [9.17, 15) is 14.4 Å². The Morgan fingerprint density at radius 2 is 1.69 bits per heavy atom. The number of likely N-dealkylation sites (tertiary alicyclic amines) is 1. The molecule has 6 heteroatoms. The van der Waals surface area contributed by atoms with Gasteiger partial charge in [0, 0.05) is 0 Å². The maximum Gasteiger partial charge on any atom is 0.337 e. The lowest BCUT2D eigenvalue weighted by Gasteiger charge is -2.34. The Labute approximate surface area is 189 Å². The molecule has 2 heterocycles. The molecule has 168 valence electrons. The first-order valence-electron chi connectivity index (χ1n) is 11.4. The van der Waals surface area contributed by atoms with Crippen molar-refractivity contribution < 1.29 is 19.1 Å². The van der Waals surface area contributed by atoms with Crippen molar-refractivity contribution in [1.29, 1.82) is 0 Å². The summed E-state index contributed by atoms with van der Waals surface area (Å²) >= 11 is 0. The van der Waals surface area contributed by atoms with Crippen LogP contribution in [0, 0.1) is 5.92 Å². The maximum absolute atomic E-state index is 13.1. The predicted octanol–water partition coefficient (Wildman–Crippen LogP) is 3.84. The third kappa shape index (κ3) is 4.91. The van der Waals surface area contributed by atoms with Gasteiger partial charge >= 0.3 is 5.97 Å². The molecule has 0 spiro atoms. The van der Waals surface area contributed by atoms with Crippen molar-refractivity contribution in [2.24, 2.45) is 5.92 Å². The van der Waals surface area contributed by atoms with E-state index in [0.717, 1.165) is 32.4 Å². The van der Waals surface area contributed by atoms with Crippen LogP contribution in [0.4, 0.5) is 5.69 Å². The first-order chi connectivity index (χ1) is 15.6. The van der Waals surface area contributed by atoms with Gasteiger partial charge in [-0.05, 0) is 74.5 Å². The van der Waals surface area contributed by atoms with Crippen LogP contribution in [0.2, 0.25) is 0 Å². The Hall–Kier alpha value is -2.99. The van der Waals surface area contributed by atoms with E-state index in [1.807, 2.05) is 6.07 Å². The van der Waals surface area contributed by atoms with Gasteiger partial charge in [0.25, 0.3) is 5.91 Å². The molecule has 2 aliphatic heterocycles. The molecule has 2 aromatic carbocycles. The van der Waals surface area contributed by atoms with E-state index < -0.39 is 5.97 Å². The second-order valence-corrected chi connectivity index (χ2v) is 8.68. The minimum Gasteiger partial charge on any atom is -0.465 e. The average molecular weight is 435 g/mol. The van der Waals surface area contributed by atoms with Gasteiger partial charge in [0.1, 0.15) is 0 Å². The van der Waals surface area contributed by atoms with Crippen LogP contribution in [0.1, 0.15) is 48.0 Å². The van der Waals surface area contributed by atoms with Gasteiger partial charge in [0.05, 0.1) is 30.8 Å². The molecule has 0 radical (unpaired) electrons. The number of esters is 1. The van der Waals surface area contributed by atoms with Crippen molar-refractivity contribution in [3.05, 3.63) is 65.7 Å². The number of carbonyl (C=O) groups is 3. The second-order valence-electron chi connectivity index (χ2n) is 8.68. The van der Waals surface area contributed by atoms with Gasteiger partial charge in [-0.15, -0.1) is 0 Å². The number of piperidine rings is 1. The quantitative estimate of drug-likeness (QED) is 0.489. The molecule has 2 amide bonds. The molecule has 2 aromatic rings. The van der Waals surface area contributed by atoms with E-state index in [2.05, 4.69) is 29.2 Å². The number of aryl methyl sites for hydroxylation is 1. The Morgan fingerprint density at radius 1 is 1.00 bits per heavy atom. The summed E-state index contributed by atoms with van der Waals surface area (Å²) in [6, 6.07) is 16.6. The number of rotatable bonds is 7. The van der Waals surface area contributed by atoms with Gasteiger partial charge in [-0.2, -0.15) is 0 Å². The summed E-state index contributed by atoms with van der Waals surface area (Å²) in [4.78, 5) is 40.8. The van der Waals surface area contributed by atoms with Crippen molar-refractivity contribution in [3.63, 3.8) is 0 Å². The van der Waals surface area contributed by atoms with Crippen LogP contribution in [0.25, 0.3) is 0 Å². The molecule has 0 N–H and O–H groups in total. The molecular weight excluding hydrogens is 404 g/mol. The molecule has 0 bridgehead atoms. The lowest BCUT2D eigenvalue weighted by molar-refractivity contribution is -0.123. The van der Waals surface area contributed by atoms with Crippen LogP contribution in [0.15, 0.2) is 54.6 Å². The molecule has 0 aromatic heterocycles. The van der Waals surface area contributed by atoms with Crippen molar-refractivity contribution in [2.75, 3.05) is 25.1 Å². The van der Waals surface area contributed by atoms with E-state index in [1.54, 1.807) is 24.3 Å². The molecular formula is C26H30N2O4. The van der Waals surface area contributed by atoms with Crippen molar-refractivity contribution in [3.8, 4) is 0 Å². The molecule has 2 saturated heterocycles. The smallest absolute Gasteiger partial charge is 0.337 e. The number of methoxy groups -OCH3 is 1. The van der Waals surface area contributed by atoms with Crippen molar-refractivity contribution >= 4 is 23.5 Å². The number of benzene rings is 2. The van der Waals surface area contributed by atoms with Crippen LogP contribution < -0.4 is 4.90 Å². The van der Waals surface area contributed by atoms with Gasteiger partial charge in [-0.25, -0.2) is 9.69 Å². The first-order valence-corrected chi connectivity index (χ1v) is 11.4. The monoisotopic (exact) mass is 434 g/mol. The van der Waals surface area contributed by atoms with Crippen LogP contribution in [-0.2, 0) is 20.7 Å². The summed E-state index contributed by atoms with van der Waals surface area (Å²) in [5.41, 5.74) is 2.28. The maximum atomic E-state index is 13.1. The minimum atomic E-state index is -0.444. The van der Waals surface area contributed by atoms with E-state index in [1.165, 1.54) is 30.4 Å². The highest BCUT2D eigenvalue weighted by atomic mass is 16.5. The predicted molar refractivity (Wildman–Crippen MR) is 122 cm³/mol. The molecule has 32 heavy (non-hydrogen) atoms. The van der Waals surface area contributed by atoms with Crippen LogP contribution in [-0.4, -0.2) is 48.9 Å². The topological polar surface area (TPSA) is 66.9 Å². The fourth-order valence-corrected chi connectivity index (χ4v) is 4.83. The zero-order valence-electron chi connectivity index (χ0n) is 18.5. The lowest BCUT2D eigenvalue weighted by atomic mass is 9.90.